The molecule has 0 saturated carbocycles. The molecule has 0 bridgehead atoms. The average molecular weight is 246 g/mol. The third kappa shape index (κ3) is 3.63. The van der Waals surface area contributed by atoms with Gasteiger partial charge >= 0.3 is 0 Å². The van der Waals surface area contributed by atoms with Gasteiger partial charge in [-0.2, -0.15) is 0 Å². The molecule has 7 heteroatoms. The van der Waals surface area contributed by atoms with Crippen LogP contribution in [0, 0.1) is 17.0 Å². The minimum Gasteiger partial charge on any atom is -0.390 e. The van der Waals surface area contributed by atoms with Gasteiger partial charge in [0.1, 0.15) is 6.61 Å². The number of aliphatic hydroxyl groups excluding tert-OH is 1. The molecule has 0 saturated heterocycles. The fourth-order valence-corrected chi connectivity index (χ4v) is 1.20. The molecule has 1 rings (SSSR count). The molecular formula is C10H12F2N2O3. The molecule has 0 fully saturated rings. The van der Waals surface area contributed by atoms with E-state index in [2.05, 4.69) is 5.32 Å². The van der Waals surface area contributed by atoms with Gasteiger partial charge in [0.25, 0.3) is 11.6 Å². The Hall–Kier alpha value is -1.76. The summed E-state index contributed by atoms with van der Waals surface area (Å²) in [4.78, 5) is 10.0. The third-order valence-corrected chi connectivity index (χ3v) is 2.19. The van der Waals surface area contributed by atoms with Crippen molar-refractivity contribution in [3.05, 3.63) is 33.9 Å². The predicted octanol–water partition coefficient (Wildman–Crippen LogP) is 1.94. The molecule has 1 aromatic rings. The average Bonchev–Trinajstić information content (AvgIpc) is 2.27. The second-order valence-electron chi connectivity index (χ2n) is 3.63. The number of nitro groups is 1. The van der Waals surface area contributed by atoms with Crippen molar-refractivity contribution < 1.29 is 18.8 Å². The molecule has 0 aliphatic rings. The number of anilines is 1. The van der Waals surface area contributed by atoms with E-state index in [9.17, 15) is 18.9 Å². The van der Waals surface area contributed by atoms with Gasteiger partial charge in [0.15, 0.2) is 0 Å². The SMILES string of the molecule is Cc1ccc(NCC(F)(F)CO)cc1[N+](=O)[O-]. The van der Waals surface area contributed by atoms with Crippen LogP contribution in [-0.4, -0.2) is 29.1 Å². The van der Waals surface area contributed by atoms with Crippen LogP contribution in [0.15, 0.2) is 18.2 Å². The van der Waals surface area contributed by atoms with Crippen molar-refractivity contribution in [2.45, 2.75) is 12.8 Å². The van der Waals surface area contributed by atoms with Crippen LogP contribution in [0.25, 0.3) is 0 Å². The van der Waals surface area contributed by atoms with Gasteiger partial charge in [-0.1, -0.05) is 6.07 Å². The van der Waals surface area contributed by atoms with E-state index in [1.165, 1.54) is 18.2 Å². The third-order valence-electron chi connectivity index (χ3n) is 2.19. The number of benzene rings is 1. The summed E-state index contributed by atoms with van der Waals surface area (Å²) in [7, 11) is 0. The molecule has 0 aliphatic heterocycles. The second kappa shape index (κ2) is 5.05. The van der Waals surface area contributed by atoms with Gasteiger partial charge in [-0.15, -0.1) is 0 Å². The highest BCUT2D eigenvalue weighted by Gasteiger charge is 2.27. The first-order valence-corrected chi connectivity index (χ1v) is 4.83. The maximum Gasteiger partial charge on any atom is 0.287 e. The summed E-state index contributed by atoms with van der Waals surface area (Å²) in [5.74, 6) is -3.25. The van der Waals surface area contributed by atoms with Crippen molar-refractivity contribution in [1.29, 1.82) is 0 Å². The Balaban J connectivity index is 2.80. The fourth-order valence-electron chi connectivity index (χ4n) is 1.20. The molecule has 0 aliphatic carbocycles. The Labute approximate surface area is 96.2 Å². The molecule has 94 valence electrons. The Morgan fingerprint density at radius 3 is 2.71 bits per heavy atom. The monoisotopic (exact) mass is 246 g/mol. The number of hydrogen-bond acceptors (Lipinski definition) is 4. The van der Waals surface area contributed by atoms with E-state index in [4.69, 9.17) is 5.11 Å². The van der Waals surface area contributed by atoms with Crippen LogP contribution in [0.4, 0.5) is 20.2 Å². The molecule has 0 spiro atoms. The molecule has 0 heterocycles. The highest BCUT2D eigenvalue weighted by atomic mass is 19.3. The maximum absolute atomic E-state index is 12.7. The number of nitrogens with one attached hydrogen (secondary N) is 1. The number of aliphatic hydroxyl groups is 1. The summed E-state index contributed by atoms with van der Waals surface area (Å²) < 4.78 is 25.5. The highest BCUT2D eigenvalue weighted by molar-refractivity contribution is 5.54. The van der Waals surface area contributed by atoms with Gasteiger partial charge in [-0.25, -0.2) is 8.78 Å². The van der Waals surface area contributed by atoms with Crippen LogP contribution in [-0.2, 0) is 0 Å². The number of nitro benzene ring substituents is 1. The molecule has 0 unspecified atom stereocenters. The molecule has 0 amide bonds. The number of rotatable bonds is 5. The quantitative estimate of drug-likeness (QED) is 0.615. The van der Waals surface area contributed by atoms with E-state index in [-0.39, 0.29) is 11.4 Å². The first-order valence-electron chi connectivity index (χ1n) is 4.83. The van der Waals surface area contributed by atoms with Crippen molar-refractivity contribution in [2.75, 3.05) is 18.5 Å². The Morgan fingerprint density at radius 2 is 2.18 bits per heavy atom. The smallest absolute Gasteiger partial charge is 0.287 e. The molecule has 0 aromatic heterocycles. The summed E-state index contributed by atoms with van der Waals surface area (Å²) >= 11 is 0. The molecule has 5 nitrogen and oxygen atoms in total. The fraction of sp³-hybridized carbons (Fsp3) is 0.400. The van der Waals surface area contributed by atoms with Crippen molar-refractivity contribution in [3.8, 4) is 0 Å². The zero-order chi connectivity index (χ0) is 13.1. The number of nitrogens with zero attached hydrogens (tertiary/aromatic N) is 1. The summed E-state index contributed by atoms with van der Waals surface area (Å²) in [6, 6.07) is 4.12. The standard InChI is InChI=1S/C10H12F2N2O3/c1-7-2-3-8(4-9(7)14(16)17)13-5-10(11,12)6-15/h2-4,13,15H,5-6H2,1H3. The summed E-state index contributed by atoms with van der Waals surface area (Å²) in [5, 5.41) is 21.3. The molecule has 2 N–H and O–H groups in total. The number of halogens is 2. The first-order chi connectivity index (χ1) is 7.85. The zero-order valence-electron chi connectivity index (χ0n) is 9.11. The lowest BCUT2D eigenvalue weighted by atomic mass is 10.2. The van der Waals surface area contributed by atoms with Crippen molar-refractivity contribution in [3.63, 3.8) is 0 Å². The van der Waals surface area contributed by atoms with Crippen LogP contribution in [0.3, 0.4) is 0 Å². The maximum atomic E-state index is 12.7. The number of alkyl halides is 2. The van der Waals surface area contributed by atoms with Crippen molar-refractivity contribution in [1.82, 2.24) is 0 Å². The van der Waals surface area contributed by atoms with Gasteiger partial charge in [0, 0.05) is 17.3 Å². The number of hydrogen-bond donors (Lipinski definition) is 2. The van der Waals surface area contributed by atoms with Gasteiger partial charge < -0.3 is 10.4 Å². The van der Waals surface area contributed by atoms with E-state index in [0.29, 0.717) is 5.56 Å². The Bertz CT molecular complexity index is 424. The largest absolute Gasteiger partial charge is 0.390 e. The highest BCUT2D eigenvalue weighted by Crippen LogP contribution is 2.23. The lowest BCUT2D eigenvalue weighted by Crippen LogP contribution is -2.31. The van der Waals surface area contributed by atoms with Gasteiger partial charge in [0.2, 0.25) is 0 Å². The van der Waals surface area contributed by atoms with E-state index in [1.807, 2.05) is 0 Å². The van der Waals surface area contributed by atoms with E-state index in [0.717, 1.165) is 0 Å². The van der Waals surface area contributed by atoms with Crippen LogP contribution in [0.1, 0.15) is 5.56 Å². The van der Waals surface area contributed by atoms with Gasteiger partial charge in [-0.05, 0) is 13.0 Å². The summed E-state index contributed by atoms with van der Waals surface area (Å²) in [6.45, 7) is -0.484. The van der Waals surface area contributed by atoms with E-state index >= 15 is 0 Å². The van der Waals surface area contributed by atoms with E-state index < -0.39 is 24.0 Å². The zero-order valence-corrected chi connectivity index (χ0v) is 9.11. The first kappa shape index (κ1) is 13.3. The van der Waals surface area contributed by atoms with Crippen LogP contribution in [0.5, 0.6) is 0 Å². The van der Waals surface area contributed by atoms with Crippen LogP contribution in [0.2, 0.25) is 0 Å². The van der Waals surface area contributed by atoms with Crippen molar-refractivity contribution >= 4 is 11.4 Å². The lowest BCUT2D eigenvalue weighted by molar-refractivity contribution is -0.385. The molecule has 17 heavy (non-hydrogen) atoms. The topological polar surface area (TPSA) is 75.4 Å². The molecular weight excluding hydrogens is 234 g/mol. The van der Waals surface area contributed by atoms with E-state index in [1.54, 1.807) is 6.92 Å². The van der Waals surface area contributed by atoms with Crippen molar-refractivity contribution in [2.24, 2.45) is 0 Å². The number of aryl methyl sites for hydroxylation is 1. The van der Waals surface area contributed by atoms with Gasteiger partial charge in [-0.3, -0.25) is 10.1 Å². The second-order valence-corrected chi connectivity index (χ2v) is 3.63. The Kier molecular flexibility index (Phi) is 3.95. The van der Waals surface area contributed by atoms with Gasteiger partial charge in [0.05, 0.1) is 11.5 Å². The molecule has 0 atom stereocenters. The summed E-state index contributed by atoms with van der Waals surface area (Å²) in [6.07, 6.45) is 0. The lowest BCUT2D eigenvalue weighted by Gasteiger charge is -2.14. The molecule has 0 radical (unpaired) electrons. The minimum atomic E-state index is -3.25. The minimum absolute atomic E-state index is 0.137. The Morgan fingerprint density at radius 1 is 1.53 bits per heavy atom. The van der Waals surface area contributed by atoms with Crippen LogP contribution < -0.4 is 5.32 Å². The molecule has 1 aromatic carbocycles. The predicted molar refractivity (Wildman–Crippen MR) is 58.4 cm³/mol. The summed E-state index contributed by atoms with van der Waals surface area (Å²) in [5.41, 5.74) is 0.534. The normalized spacial score (nSPS) is 11.3. The van der Waals surface area contributed by atoms with Crippen LogP contribution >= 0.6 is 0 Å².